The van der Waals surface area contributed by atoms with Gasteiger partial charge in [-0.1, -0.05) is 85.3 Å². The highest BCUT2D eigenvalue weighted by Crippen LogP contribution is 2.53. The second-order valence-corrected chi connectivity index (χ2v) is 12.1. The molecule has 1 atom stereocenters. The number of carbonyl (C=O) groups is 1. The number of nitrogens with zero attached hydrogens (tertiary/aromatic N) is 1. The summed E-state index contributed by atoms with van der Waals surface area (Å²) in [6.07, 6.45) is 20.0. The molecule has 0 radical (unpaired) electrons. The van der Waals surface area contributed by atoms with E-state index in [1.165, 1.54) is 68.9 Å². The molecule has 4 nitrogen and oxygen atoms in total. The van der Waals surface area contributed by atoms with Crippen LogP contribution in [0, 0.1) is 16.7 Å². The number of carbonyl (C=O) groups excluding carboxylic acids is 1. The number of hydrogen-bond donors (Lipinski definition) is 0. The van der Waals surface area contributed by atoms with Gasteiger partial charge in [-0.05, 0) is 60.1 Å². The summed E-state index contributed by atoms with van der Waals surface area (Å²) in [4.78, 5) is 17.1. The van der Waals surface area contributed by atoms with Crippen molar-refractivity contribution in [2.45, 2.75) is 92.4 Å². The molecule has 4 rings (SSSR count). The molecule has 0 saturated heterocycles. The molecule has 0 aromatic carbocycles. The number of fused-ring (bicyclic) bond motifs is 2. The fourth-order valence-electron chi connectivity index (χ4n) is 6.43. The van der Waals surface area contributed by atoms with Crippen LogP contribution in [0.5, 0.6) is 0 Å². The van der Waals surface area contributed by atoms with Crippen molar-refractivity contribution in [1.82, 2.24) is 0 Å². The molecule has 1 aromatic rings. The van der Waals surface area contributed by atoms with Crippen LogP contribution in [0.2, 0.25) is 0 Å². The van der Waals surface area contributed by atoms with Gasteiger partial charge in [0.15, 0.2) is 0 Å². The molecule has 1 saturated carbocycles. The molecule has 1 unspecified atom stereocenters. The smallest absolute Gasteiger partial charge is 0.373 e. The Hall–Kier alpha value is -2.62. The fourth-order valence-corrected chi connectivity index (χ4v) is 6.43. The van der Waals surface area contributed by atoms with E-state index in [0.717, 1.165) is 24.1 Å². The minimum absolute atomic E-state index is 0.0599. The summed E-state index contributed by atoms with van der Waals surface area (Å²) in [6.45, 7) is 11.8. The van der Waals surface area contributed by atoms with Crippen molar-refractivity contribution in [3.05, 3.63) is 64.3 Å². The molecule has 1 aromatic heterocycles. The number of unbranched alkanes of at least 4 members (excludes halogenated alkanes) is 5. The number of aliphatic imine (C=N–C) groups is 1. The Labute approximate surface area is 217 Å². The van der Waals surface area contributed by atoms with E-state index in [1.54, 1.807) is 12.1 Å². The van der Waals surface area contributed by atoms with Crippen molar-refractivity contribution >= 4 is 17.8 Å². The van der Waals surface area contributed by atoms with Gasteiger partial charge in [0.1, 0.15) is 5.76 Å². The van der Waals surface area contributed by atoms with E-state index >= 15 is 0 Å². The quantitative estimate of drug-likeness (QED) is 0.243. The number of esters is 1. The molecule has 1 fully saturated rings. The van der Waals surface area contributed by atoms with Gasteiger partial charge in [-0.3, -0.25) is 4.99 Å². The average molecular weight is 490 g/mol. The predicted octanol–water partition coefficient (Wildman–Crippen LogP) is 8.87. The lowest BCUT2D eigenvalue weighted by Gasteiger charge is -2.42. The molecule has 0 bridgehead atoms. The molecule has 3 aliphatic rings. The van der Waals surface area contributed by atoms with Crippen LogP contribution in [0.1, 0.15) is 109 Å². The topological polar surface area (TPSA) is 51.8 Å². The van der Waals surface area contributed by atoms with E-state index in [4.69, 9.17) is 14.1 Å². The Balaban J connectivity index is 1.63. The predicted molar refractivity (Wildman–Crippen MR) is 148 cm³/mol. The van der Waals surface area contributed by atoms with Gasteiger partial charge in [0.05, 0.1) is 18.5 Å². The molecule has 4 heteroatoms. The van der Waals surface area contributed by atoms with Crippen LogP contribution in [-0.4, -0.2) is 18.8 Å². The van der Waals surface area contributed by atoms with Crippen molar-refractivity contribution < 1.29 is 13.9 Å². The van der Waals surface area contributed by atoms with Crippen LogP contribution < -0.4 is 0 Å². The Morgan fingerprint density at radius 2 is 1.86 bits per heavy atom. The molecule has 2 aliphatic carbocycles. The highest BCUT2D eigenvalue weighted by Gasteiger charge is 2.46. The molecule has 36 heavy (non-hydrogen) atoms. The summed E-state index contributed by atoms with van der Waals surface area (Å²) >= 11 is 0. The summed E-state index contributed by atoms with van der Waals surface area (Å²) < 4.78 is 10.4. The van der Waals surface area contributed by atoms with Gasteiger partial charge >= 0.3 is 5.97 Å². The maximum absolute atomic E-state index is 11.8. The monoisotopic (exact) mass is 489 g/mol. The van der Waals surface area contributed by atoms with Crippen LogP contribution in [0.15, 0.2) is 62.2 Å². The number of ether oxygens (including phenoxy) is 1. The molecule has 0 amide bonds. The van der Waals surface area contributed by atoms with Crippen LogP contribution in [0.4, 0.5) is 0 Å². The van der Waals surface area contributed by atoms with Gasteiger partial charge < -0.3 is 9.15 Å². The van der Waals surface area contributed by atoms with Gasteiger partial charge in [-0.15, -0.1) is 0 Å². The third-order valence-electron chi connectivity index (χ3n) is 7.77. The van der Waals surface area contributed by atoms with Crippen LogP contribution in [0.3, 0.4) is 0 Å². The Morgan fingerprint density at radius 3 is 2.61 bits per heavy atom. The number of rotatable bonds is 10. The lowest BCUT2D eigenvalue weighted by molar-refractivity contribution is 0.0564. The van der Waals surface area contributed by atoms with Gasteiger partial charge in [0.25, 0.3) is 0 Å². The third-order valence-corrected chi connectivity index (χ3v) is 7.77. The fraction of sp³-hybridized carbons (Fsp3) is 0.562. The van der Waals surface area contributed by atoms with Crippen LogP contribution in [-0.2, 0) is 4.74 Å². The van der Waals surface area contributed by atoms with Crippen LogP contribution in [0.25, 0.3) is 6.08 Å². The van der Waals surface area contributed by atoms with Gasteiger partial charge in [0, 0.05) is 16.9 Å². The first kappa shape index (κ1) is 26.4. The summed E-state index contributed by atoms with van der Waals surface area (Å²) in [7, 11) is 1.36. The Kier molecular flexibility index (Phi) is 7.92. The molecule has 0 spiro atoms. The summed E-state index contributed by atoms with van der Waals surface area (Å²) in [5.41, 5.74) is 6.81. The van der Waals surface area contributed by atoms with E-state index in [2.05, 4.69) is 52.8 Å². The minimum Gasteiger partial charge on any atom is -0.463 e. The van der Waals surface area contributed by atoms with E-state index in [-0.39, 0.29) is 16.6 Å². The van der Waals surface area contributed by atoms with Crippen molar-refractivity contribution in [3.63, 3.8) is 0 Å². The SMILES string of the molecule is CCCCCCCCC1C=CC(/C=C/c2ccc(C(=O)OC)o2)=C2N=C3C(=C21)CC(C)(C)CC3(C)C. The Morgan fingerprint density at radius 1 is 1.11 bits per heavy atom. The van der Waals surface area contributed by atoms with Crippen molar-refractivity contribution in [2.75, 3.05) is 7.11 Å². The Bertz CT molecular complexity index is 1140. The first-order valence-corrected chi connectivity index (χ1v) is 13.8. The molecular formula is C32H43NO3. The number of hydrogen-bond acceptors (Lipinski definition) is 4. The molecule has 0 N–H and O–H groups in total. The van der Waals surface area contributed by atoms with Crippen molar-refractivity contribution in [3.8, 4) is 0 Å². The van der Waals surface area contributed by atoms with E-state index in [9.17, 15) is 4.79 Å². The molecular weight excluding hydrogens is 446 g/mol. The van der Waals surface area contributed by atoms with Gasteiger partial charge in [-0.25, -0.2) is 4.79 Å². The molecule has 194 valence electrons. The summed E-state index contributed by atoms with van der Waals surface area (Å²) in [6, 6.07) is 3.45. The van der Waals surface area contributed by atoms with E-state index in [1.807, 2.05) is 6.08 Å². The average Bonchev–Trinajstić information content (AvgIpc) is 3.45. The normalized spacial score (nSPS) is 22.2. The number of allylic oxidation sites excluding steroid dienone is 6. The zero-order chi connectivity index (χ0) is 25.9. The van der Waals surface area contributed by atoms with Gasteiger partial charge in [0.2, 0.25) is 5.76 Å². The van der Waals surface area contributed by atoms with Crippen molar-refractivity contribution in [1.29, 1.82) is 0 Å². The van der Waals surface area contributed by atoms with Crippen molar-refractivity contribution in [2.24, 2.45) is 21.7 Å². The zero-order valence-electron chi connectivity index (χ0n) is 23.1. The zero-order valence-corrected chi connectivity index (χ0v) is 23.1. The standard InChI is InChI=1S/C32H43NO3/c1-7-8-9-10-11-12-13-22-14-15-23(16-17-24-18-19-26(36-24)30(34)35-6)28-27(22)25-20-31(2,3)21-32(4,5)29(25)33-28/h14-19,22H,7-13,20-21H2,1-6H3/b17-16+. The highest BCUT2D eigenvalue weighted by molar-refractivity contribution is 6.09. The van der Waals surface area contributed by atoms with E-state index in [0.29, 0.717) is 11.7 Å². The van der Waals surface area contributed by atoms with Crippen LogP contribution >= 0.6 is 0 Å². The first-order valence-electron chi connectivity index (χ1n) is 13.8. The highest BCUT2D eigenvalue weighted by atomic mass is 16.5. The minimum atomic E-state index is -0.463. The van der Waals surface area contributed by atoms with E-state index < -0.39 is 5.97 Å². The maximum atomic E-state index is 11.8. The number of furan rings is 1. The maximum Gasteiger partial charge on any atom is 0.373 e. The first-order chi connectivity index (χ1) is 17.1. The largest absolute Gasteiger partial charge is 0.463 e. The second-order valence-electron chi connectivity index (χ2n) is 12.1. The second kappa shape index (κ2) is 10.8. The lowest BCUT2D eigenvalue weighted by Crippen LogP contribution is -2.37. The van der Waals surface area contributed by atoms with Gasteiger partial charge in [-0.2, -0.15) is 0 Å². The molecule has 2 heterocycles. The summed E-state index contributed by atoms with van der Waals surface area (Å²) in [5.74, 6) is 0.811. The summed E-state index contributed by atoms with van der Waals surface area (Å²) in [5, 5.41) is 0. The number of methoxy groups -OCH3 is 1. The third kappa shape index (κ3) is 5.68. The lowest BCUT2D eigenvalue weighted by atomic mass is 9.61. The molecule has 1 aliphatic heterocycles.